The fourth-order valence-electron chi connectivity index (χ4n) is 2.77. The number of hydrogen-bond acceptors (Lipinski definition) is 5. The van der Waals surface area contributed by atoms with Gasteiger partial charge in [-0.05, 0) is 38.0 Å². The average molecular weight is 307 g/mol. The Bertz CT molecular complexity index is 521. The normalized spacial score (nSPS) is 15.9. The number of carbonyl (C=O) groups excluding carboxylic acids is 1. The second-order valence-electron chi connectivity index (χ2n) is 5.89. The average Bonchev–Trinajstić information content (AvgIpc) is 2.94. The molecule has 5 heteroatoms. The summed E-state index contributed by atoms with van der Waals surface area (Å²) in [6.07, 6.45) is 3.87. The van der Waals surface area contributed by atoms with Gasteiger partial charge in [-0.15, -0.1) is 0 Å². The fourth-order valence-corrected chi connectivity index (χ4v) is 2.77. The van der Waals surface area contributed by atoms with Crippen molar-refractivity contribution in [2.45, 2.75) is 58.2 Å². The van der Waals surface area contributed by atoms with Crippen LogP contribution in [0.15, 0.2) is 18.2 Å². The van der Waals surface area contributed by atoms with Gasteiger partial charge >= 0.3 is 0 Å². The van der Waals surface area contributed by atoms with Crippen molar-refractivity contribution in [1.82, 2.24) is 5.32 Å². The molecule has 5 nitrogen and oxygen atoms in total. The first-order valence-corrected chi connectivity index (χ1v) is 7.92. The first kappa shape index (κ1) is 16.8. The highest BCUT2D eigenvalue weighted by Crippen LogP contribution is 2.33. The van der Waals surface area contributed by atoms with Gasteiger partial charge in [-0.3, -0.25) is 10.1 Å². The number of fused-ring (bicyclic) bond motifs is 1. The predicted octanol–water partition coefficient (Wildman–Crippen LogP) is 2.86. The van der Waals surface area contributed by atoms with E-state index in [1.807, 2.05) is 0 Å². The van der Waals surface area contributed by atoms with Crippen LogP contribution >= 0.6 is 0 Å². The van der Waals surface area contributed by atoms with Gasteiger partial charge in [-0.25, -0.2) is 0 Å². The molecule has 0 radical (unpaired) electrons. The molecule has 0 saturated carbocycles. The third kappa shape index (κ3) is 3.78. The number of ketones is 1. The van der Waals surface area contributed by atoms with Crippen LogP contribution in [-0.2, 0) is 0 Å². The van der Waals surface area contributed by atoms with Gasteiger partial charge in [0.15, 0.2) is 17.2 Å². The lowest BCUT2D eigenvalue weighted by Crippen LogP contribution is -2.53. The zero-order valence-electron chi connectivity index (χ0n) is 13.5. The zero-order chi connectivity index (χ0) is 16.2. The highest BCUT2D eigenvalue weighted by Gasteiger charge is 2.33. The molecule has 1 atom stereocenters. The zero-order valence-corrected chi connectivity index (χ0v) is 13.5. The summed E-state index contributed by atoms with van der Waals surface area (Å²) < 4.78 is 10.5. The topological polar surface area (TPSA) is 67.8 Å². The number of carbonyl (C=O) groups is 1. The Morgan fingerprint density at radius 3 is 2.55 bits per heavy atom. The van der Waals surface area contributed by atoms with E-state index in [0.717, 1.165) is 25.7 Å². The highest BCUT2D eigenvalue weighted by atomic mass is 16.7. The van der Waals surface area contributed by atoms with E-state index in [-0.39, 0.29) is 18.6 Å². The number of aliphatic hydroxyl groups is 1. The summed E-state index contributed by atoms with van der Waals surface area (Å²) in [5.41, 5.74) is -1.18. The monoisotopic (exact) mass is 307 g/mol. The van der Waals surface area contributed by atoms with Crippen LogP contribution in [-0.4, -0.2) is 29.4 Å². The maximum absolute atomic E-state index is 12.6. The second kappa shape index (κ2) is 7.11. The first-order valence-electron chi connectivity index (χ1n) is 7.92. The molecule has 2 N–H and O–H groups in total. The van der Waals surface area contributed by atoms with Crippen LogP contribution in [0.25, 0.3) is 0 Å². The Labute approximate surface area is 131 Å². The predicted molar refractivity (Wildman–Crippen MR) is 84.3 cm³/mol. The minimum atomic E-state index is -1.59. The van der Waals surface area contributed by atoms with E-state index < -0.39 is 5.72 Å². The van der Waals surface area contributed by atoms with Crippen molar-refractivity contribution in [3.63, 3.8) is 0 Å². The van der Waals surface area contributed by atoms with Gasteiger partial charge in [0.1, 0.15) is 0 Å². The van der Waals surface area contributed by atoms with Crippen LogP contribution in [0.2, 0.25) is 0 Å². The molecule has 1 heterocycles. The molecule has 1 aromatic rings. The largest absolute Gasteiger partial charge is 0.454 e. The quantitative estimate of drug-likeness (QED) is 0.571. The summed E-state index contributed by atoms with van der Waals surface area (Å²) in [5, 5.41) is 13.7. The number of nitrogens with one attached hydrogen (secondary N) is 1. The van der Waals surface area contributed by atoms with Gasteiger partial charge in [0, 0.05) is 11.6 Å². The third-order valence-corrected chi connectivity index (χ3v) is 3.84. The molecule has 122 valence electrons. The van der Waals surface area contributed by atoms with Crippen molar-refractivity contribution in [1.29, 1.82) is 0 Å². The summed E-state index contributed by atoms with van der Waals surface area (Å²) >= 11 is 0. The van der Waals surface area contributed by atoms with Crippen molar-refractivity contribution in [3.05, 3.63) is 23.8 Å². The molecule has 0 fully saturated rings. The molecule has 1 aromatic carbocycles. The van der Waals surface area contributed by atoms with Gasteiger partial charge in [0.25, 0.3) is 0 Å². The number of benzene rings is 1. The van der Waals surface area contributed by atoms with Crippen LogP contribution in [0.1, 0.15) is 56.8 Å². The van der Waals surface area contributed by atoms with E-state index in [0.29, 0.717) is 17.1 Å². The number of hydrogen-bond donors (Lipinski definition) is 2. The smallest absolute Gasteiger partial charge is 0.231 e. The van der Waals surface area contributed by atoms with E-state index in [1.165, 1.54) is 6.92 Å². The Balaban J connectivity index is 2.12. The molecule has 1 unspecified atom stereocenters. The number of ether oxygens (including phenoxy) is 2. The van der Waals surface area contributed by atoms with Crippen molar-refractivity contribution >= 4 is 5.78 Å². The van der Waals surface area contributed by atoms with Gasteiger partial charge in [-0.2, -0.15) is 0 Å². The third-order valence-electron chi connectivity index (χ3n) is 3.84. The van der Waals surface area contributed by atoms with E-state index >= 15 is 0 Å². The van der Waals surface area contributed by atoms with Gasteiger partial charge in [-0.1, -0.05) is 26.7 Å². The van der Waals surface area contributed by atoms with Crippen LogP contribution in [0, 0.1) is 0 Å². The number of rotatable bonds is 8. The fraction of sp³-hybridized carbons (Fsp3) is 0.588. The lowest BCUT2D eigenvalue weighted by molar-refractivity contribution is 0.0149. The lowest BCUT2D eigenvalue weighted by atomic mass is 9.98. The molecule has 0 aromatic heterocycles. The van der Waals surface area contributed by atoms with Crippen LogP contribution in [0.4, 0.5) is 0 Å². The molecular formula is C17H25NO4. The lowest BCUT2D eigenvalue weighted by Gasteiger charge is -2.29. The Morgan fingerprint density at radius 1 is 1.27 bits per heavy atom. The molecule has 2 rings (SSSR count). The summed E-state index contributed by atoms with van der Waals surface area (Å²) in [6.45, 7) is 5.87. The standard InChI is InChI=1S/C17H25NO4/c1-4-6-13(7-5-2)18-17(3,20)16(19)12-8-9-14-15(10-12)22-11-21-14/h8-10,13,18,20H,4-7,11H2,1-3H3. The molecule has 1 aliphatic heterocycles. The summed E-state index contributed by atoms with van der Waals surface area (Å²) in [7, 11) is 0. The molecule has 0 saturated heterocycles. The van der Waals surface area contributed by atoms with E-state index in [4.69, 9.17) is 9.47 Å². The maximum atomic E-state index is 12.6. The van der Waals surface area contributed by atoms with E-state index in [9.17, 15) is 9.90 Å². The molecule has 0 spiro atoms. The van der Waals surface area contributed by atoms with Crippen LogP contribution in [0.3, 0.4) is 0 Å². The van der Waals surface area contributed by atoms with Gasteiger partial charge in [0.05, 0.1) is 0 Å². The van der Waals surface area contributed by atoms with Crippen molar-refractivity contribution in [2.24, 2.45) is 0 Å². The highest BCUT2D eigenvalue weighted by molar-refractivity contribution is 6.02. The molecule has 0 aliphatic carbocycles. The maximum Gasteiger partial charge on any atom is 0.231 e. The van der Waals surface area contributed by atoms with Gasteiger partial charge in [0.2, 0.25) is 12.6 Å². The molecule has 1 aliphatic rings. The molecule has 22 heavy (non-hydrogen) atoms. The van der Waals surface area contributed by atoms with Crippen LogP contribution in [0.5, 0.6) is 11.5 Å². The second-order valence-corrected chi connectivity index (χ2v) is 5.89. The molecule has 0 amide bonds. The number of Topliss-reactive ketones (excluding diaryl/α,β-unsaturated/α-hetero) is 1. The van der Waals surface area contributed by atoms with Crippen molar-refractivity contribution in [3.8, 4) is 11.5 Å². The van der Waals surface area contributed by atoms with Crippen LogP contribution < -0.4 is 14.8 Å². The summed E-state index contributed by atoms with van der Waals surface area (Å²) in [6, 6.07) is 5.10. The summed E-state index contributed by atoms with van der Waals surface area (Å²) in [5.74, 6) is 0.808. The Kier molecular flexibility index (Phi) is 5.42. The van der Waals surface area contributed by atoms with E-state index in [1.54, 1.807) is 18.2 Å². The van der Waals surface area contributed by atoms with Crippen molar-refractivity contribution < 1.29 is 19.4 Å². The Morgan fingerprint density at radius 2 is 1.91 bits per heavy atom. The van der Waals surface area contributed by atoms with Gasteiger partial charge < -0.3 is 14.6 Å². The Hall–Kier alpha value is -1.59. The van der Waals surface area contributed by atoms with E-state index in [2.05, 4.69) is 19.2 Å². The minimum Gasteiger partial charge on any atom is -0.454 e. The molecular weight excluding hydrogens is 282 g/mol. The summed E-state index contributed by atoms with van der Waals surface area (Å²) in [4.78, 5) is 12.6. The molecule has 0 bridgehead atoms. The first-order chi connectivity index (χ1) is 10.5. The SMILES string of the molecule is CCCC(CCC)NC(C)(O)C(=O)c1ccc2c(c1)OCO2. The minimum absolute atomic E-state index is 0.128. The van der Waals surface area contributed by atoms with Crippen molar-refractivity contribution in [2.75, 3.05) is 6.79 Å².